The third-order valence-corrected chi connectivity index (χ3v) is 17.0. The van der Waals surface area contributed by atoms with Crippen LogP contribution < -0.4 is 20.7 Å². The number of furan rings is 1. The van der Waals surface area contributed by atoms with Gasteiger partial charge in [-0.05, 0) is 75.3 Å². The van der Waals surface area contributed by atoms with Gasteiger partial charge in [-0.2, -0.15) is 0 Å². The fourth-order valence-corrected chi connectivity index (χ4v) is 14.6. The number of benzene rings is 9. The van der Waals surface area contributed by atoms with Crippen LogP contribution >= 0.6 is 0 Å². The van der Waals surface area contributed by atoms with Crippen LogP contribution in [0.2, 0.25) is 0 Å². The first-order valence-electron chi connectivity index (χ1n) is 19.9. The van der Waals surface area contributed by atoms with Gasteiger partial charge in [-0.3, -0.25) is 0 Å². The Morgan fingerprint density at radius 1 is 0.310 bits per heavy atom. The minimum Gasteiger partial charge on any atom is -0.454 e. The zero-order chi connectivity index (χ0) is 38.2. The molecule has 0 aliphatic rings. The molecule has 12 aromatic rings. The van der Waals surface area contributed by atoms with Crippen molar-refractivity contribution in [2.24, 2.45) is 0 Å². The number of para-hydroxylation sites is 4. The van der Waals surface area contributed by atoms with Crippen LogP contribution in [0.1, 0.15) is 0 Å². The van der Waals surface area contributed by atoms with Crippen molar-refractivity contribution in [3.8, 4) is 11.4 Å². The Morgan fingerprint density at radius 2 is 0.793 bits per heavy atom. The lowest BCUT2D eigenvalue weighted by Gasteiger charge is -2.35. The number of rotatable bonds is 6. The molecule has 0 N–H and O–H groups in total. The molecule has 0 unspecified atom stereocenters. The van der Waals surface area contributed by atoms with E-state index >= 15 is 0 Å². The Morgan fingerprint density at radius 3 is 1.43 bits per heavy atom. The van der Waals surface area contributed by atoms with Gasteiger partial charge < -0.3 is 13.6 Å². The Hall–Kier alpha value is -7.40. The van der Waals surface area contributed by atoms with Gasteiger partial charge in [0.2, 0.25) is 0 Å². The van der Waals surface area contributed by atoms with E-state index in [1.165, 1.54) is 53.3 Å². The van der Waals surface area contributed by atoms with Gasteiger partial charge in [-0.15, -0.1) is 0 Å². The minimum absolute atomic E-state index is 0.904. The van der Waals surface area contributed by atoms with Crippen molar-refractivity contribution in [2.75, 3.05) is 0 Å². The SMILES string of the molecule is c1ccc([Si](c2ccccc2)(c2ccc(-n3c4ccccc4c4ccc5c6ccccc6oc5c43)cc2)c2cccc(-n3c4ccccc4c4ccccc43)c2)cc1. The molecule has 0 fully saturated rings. The Balaban J connectivity index is 1.12. The second-order valence-electron chi connectivity index (χ2n) is 15.2. The minimum atomic E-state index is -2.90. The molecule has 272 valence electrons. The molecule has 0 saturated heterocycles. The van der Waals surface area contributed by atoms with Crippen LogP contribution in [-0.2, 0) is 0 Å². The van der Waals surface area contributed by atoms with E-state index in [1.807, 2.05) is 6.07 Å². The molecule has 12 rings (SSSR count). The van der Waals surface area contributed by atoms with Crippen LogP contribution in [0.15, 0.2) is 223 Å². The Kier molecular flexibility index (Phi) is 7.25. The fraction of sp³-hybridized carbons (Fsp3) is 0. The predicted molar refractivity (Wildman–Crippen MR) is 246 cm³/mol. The maximum absolute atomic E-state index is 6.69. The molecule has 0 aliphatic heterocycles. The van der Waals surface area contributed by atoms with Crippen LogP contribution in [0.25, 0.3) is 76.9 Å². The first kappa shape index (κ1) is 32.8. The van der Waals surface area contributed by atoms with Crippen molar-refractivity contribution in [3.05, 3.63) is 218 Å². The summed E-state index contributed by atoms with van der Waals surface area (Å²) in [5.74, 6) is 0. The maximum Gasteiger partial charge on any atom is 0.179 e. The van der Waals surface area contributed by atoms with E-state index in [2.05, 4.69) is 221 Å². The van der Waals surface area contributed by atoms with Gasteiger partial charge in [0, 0.05) is 43.7 Å². The monoisotopic (exact) mass is 756 g/mol. The summed E-state index contributed by atoms with van der Waals surface area (Å²) in [4.78, 5) is 0. The van der Waals surface area contributed by atoms with Gasteiger partial charge in [0.15, 0.2) is 13.7 Å². The number of hydrogen-bond donors (Lipinski definition) is 0. The van der Waals surface area contributed by atoms with Crippen molar-refractivity contribution in [1.29, 1.82) is 0 Å². The normalized spacial score (nSPS) is 12.1. The lowest BCUT2D eigenvalue weighted by molar-refractivity contribution is 0.671. The highest BCUT2D eigenvalue weighted by atomic mass is 28.3. The summed E-state index contributed by atoms with van der Waals surface area (Å²) in [6.07, 6.45) is 0. The molecule has 0 aliphatic carbocycles. The van der Waals surface area contributed by atoms with Crippen LogP contribution in [-0.4, -0.2) is 17.2 Å². The number of nitrogens with zero attached hydrogens (tertiary/aromatic N) is 2. The fourth-order valence-electron chi connectivity index (χ4n) is 9.81. The van der Waals surface area contributed by atoms with E-state index in [0.717, 1.165) is 44.3 Å². The molecule has 3 nitrogen and oxygen atoms in total. The van der Waals surface area contributed by atoms with Gasteiger partial charge in [-0.1, -0.05) is 164 Å². The third-order valence-electron chi connectivity index (χ3n) is 12.3. The molecular weight excluding hydrogens is 721 g/mol. The number of fused-ring (bicyclic) bond motifs is 10. The largest absolute Gasteiger partial charge is 0.454 e. The number of hydrogen-bond acceptors (Lipinski definition) is 1. The summed E-state index contributed by atoms with van der Waals surface area (Å²) in [5.41, 5.74) is 8.76. The summed E-state index contributed by atoms with van der Waals surface area (Å²) in [5, 5.41) is 12.5. The van der Waals surface area contributed by atoms with Crippen molar-refractivity contribution in [3.63, 3.8) is 0 Å². The lowest BCUT2D eigenvalue weighted by atomic mass is 10.1. The second kappa shape index (κ2) is 12.8. The lowest BCUT2D eigenvalue weighted by Crippen LogP contribution is -2.74. The zero-order valence-electron chi connectivity index (χ0n) is 31.6. The first-order valence-corrected chi connectivity index (χ1v) is 21.9. The molecule has 9 aromatic carbocycles. The second-order valence-corrected chi connectivity index (χ2v) is 19.0. The highest BCUT2D eigenvalue weighted by Gasteiger charge is 2.41. The molecule has 0 spiro atoms. The molecule has 0 radical (unpaired) electrons. The van der Waals surface area contributed by atoms with E-state index in [0.29, 0.717) is 0 Å². The first-order chi connectivity index (χ1) is 28.8. The van der Waals surface area contributed by atoms with Gasteiger partial charge >= 0.3 is 0 Å². The highest BCUT2D eigenvalue weighted by Crippen LogP contribution is 2.40. The van der Waals surface area contributed by atoms with Crippen LogP contribution in [0.5, 0.6) is 0 Å². The Labute approximate surface area is 336 Å². The van der Waals surface area contributed by atoms with E-state index in [-0.39, 0.29) is 0 Å². The van der Waals surface area contributed by atoms with E-state index < -0.39 is 8.07 Å². The van der Waals surface area contributed by atoms with Gasteiger partial charge in [0.25, 0.3) is 0 Å². The average molecular weight is 757 g/mol. The summed E-state index contributed by atoms with van der Waals surface area (Å²) < 4.78 is 11.5. The molecular formula is C54H36N2OSi. The molecule has 0 bridgehead atoms. The predicted octanol–water partition coefficient (Wildman–Crippen LogP) is 11.2. The molecule has 3 aromatic heterocycles. The van der Waals surface area contributed by atoms with Crippen molar-refractivity contribution in [2.45, 2.75) is 0 Å². The molecule has 0 amide bonds. The summed E-state index contributed by atoms with van der Waals surface area (Å²) >= 11 is 0. The van der Waals surface area contributed by atoms with Gasteiger partial charge in [0.05, 0.1) is 22.1 Å². The van der Waals surface area contributed by atoms with Crippen LogP contribution in [0, 0.1) is 0 Å². The summed E-state index contributed by atoms with van der Waals surface area (Å²) in [6, 6.07) is 80.3. The highest BCUT2D eigenvalue weighted by molar-refractivity contribution is 7.19. The summed E-state index contributed by atoms with van der Waals surface area (Å²) in [6.45, 7) is 0. The molecule has 0 atom stereocenters. The third kappa shape index (κ3) is 4.67. The Bertz CT molecular complexity index is 3410. The van der Waals surface area contributed by atoms with Gasteiger partial charge in [0.1, 0.15) is 5.58 Å². The van der Waals surface area contributed by atoms with Crippen molar-refractivity contribution in [1.82, 2.24) is 9.13 Å². The standard InChI is InChI=1S/C54H36N2OSi/c1-3-17-39(18-4-1)58(40-19-5-2-6-20-40,42-21-15-16-38(36-42)55-49-26-11-7-22-43(49)44-23-8-12-27-50(44)55)41-32-30-37(31-33-41)56-51-28-13-9-24-45(51)47-34-35-48-46-25-10-14-29-52(46)57-54(48)53(47)56/h1-36H. The van der Waals surface area contributed by atoms with Crippen LogP contribution in [0.4, 0.5) is 0 Å². The van der Waals surface area contributed by atoms with E-state index in [4.69, 9.17) is 4.42 Å². The maximum atomic E-state index is 6.69. The smallest absolute Gasteiger partial charge is 0.179 e. The van der Waals surface area contributed by atoms with E-state index in [1.54, 1.807) is 0 Å². The summed E-state index contributed by atoms with van der Waals surface area (Å²) in [7, 11) is -2.90. The van der Waals surface area contributed by atoms with Crippen molar-refractivity contribution >= 4 is 94.4 Å². The zero-order valence-corrected chi connectivity index (χ0v) is 32.6. The van der Waals surface area contributed by atoms with Gasteiger partial charge in [-0.25, -0.2) is 0 Å². The van der Waals surface area contributed by atoms with Crippen LogP contribution in [0.3, 0.4) is 0 Å². The van der Waals surface area contributed by atoms with E-state index in [9.17, 15) is 0 Å². The quantitative estimate of drug-likeness (QED) is 0.122. The molecule has 3 heterocycles. The molecule has 0 saturated carbocycles. The molecule has 58 heavy (non-hydrogen) atoms. The van der Waals surface area contributed by atoms with Crippen molar-refractivity contribution < 1.29 is 4.42 Å². The average Bonchev–Trinajstić information content (AvgIpc) is 3.96. The number of aromatic nitrogens is 2. The molecule has 4 heteroatoms. The topological polar surface area (TPSA) is 23.0 Å².